The minimum atomic E-state index is 0.395. The number of rotatable bonds is 5. The second kappa shape index (κ2) is 7.00. The minimum Gasteiger partial charge on any atom is -0.496 e. The molecule has 1 unspecified atom stereocenters. The van der Waals surface area contributed by atoms with Crippen molar-refractivity contribution in [3.63, 3.8) is 0 Å². The van der Waals surface area contributed by atoms with Gasteiger partial charge in [0, 0.05) is 5.02 Å². The smallest absolute Gasteiger partial charge is 0.122 e. The predicted molar refractivity (Wildman–Crippen MR) is 90.7 cm³/mol. The first kappa shape index (κ1) is 15.9. The summed E-state index contributed by atoms with van der Waals surface area (Å²) in [4.78, 5) is 0. The fourth-order valence-corrected chi connectivity index (χ4v) is 3.02. The topological polar surface area (TPSA) is 9.23 Å². The summed E-state index contributed by atoms with van der Waals surface area (Å²) in [5, 5.41) is 0.850. The summed E-state index contributed by atoms with van der Waals surface area (Å²) in [7, 11) is 1.73. The number of benzene rings is 2. The quantitative estimate of drug-likeness (QED) is 0.676. The summed E-state index contributed by atoms with van der Waals surface area (Å²) in [6.45, 7) is 6.61. The van der Waals surface area contributed by atoms with Gasteiger partial charge in [0.15, 0.2) is 0 Å². The van der Waals surface area contributed by atoms with E-state index in [1.807, 2.05) is 18.2 Å². The molecule has 0 spiro atoms. The molecule has 0 radical (unpaired) electrons. The summed E-state index contributed by atoms with van der Waals surface area (Å²) in [6.07, 6.45) is 0.980. The molecule has 21 heavy (non-hydrogen) atoms. The zero-order chi connectivity index (χ0) is 15.4. The van der Waals surface area contributed by atoms with Gasteiger partial charge in [-0.2, -0.15) is 0 Å². The molecule has 0 amide bonds. The van der Waals surface area contributed by atoms with Crippen LogP contribution in [0.15, 0.2) is 42.5 Å². The maximum Gasteiger partial charge on any atom is 0.122 e. The van der Waals surface area contributed by atoms with Crippen LogP contribution in [-0.2, 0) is 6.42 Å². The van der Waals surface area contributed by atoms with E-state index in [9.17, 15) is 0 Å². The second-order valence-corrected chi connectivity index (χ2v) is 6.26. The monoisotopic (exact) mass is 302 g/mol. The predicted octanol–water partition coefficient (Wildman–Crippen LogP) is 5.82. The van der Waals surface area contributed by atoms with Gasteiger partial charge in [-0.1, -0.05) is 62.7 Å². The van der Waals surface area contributed by atoms with Gasteiger partial charge in [-0.25, -0.2) is 0 Å². The van der Waals surface area contributed by atoms with Crippen molar-refractivity contribution < 1.29 is 4.74 Å². The van der Waals surface area contributed by atoms with Gasteiger partial charge in [0.25, 0.3) is 0 Å². The van der Waals surface area contributed by atoms with Crippen LogP contribution in [-0.4, -0.2) is 7.11 Å². The van der Waals surface area contributed by atoms with E-state index in [0.717, 1.165) is 17.2 Å². The van der Waals surface area contributed by atoms with E-state index in [1.165, 1.54) is 16.7 Å². The lowest BCUT2D eigenvalue weighted by Gasteiger charge is -2.17. The Kier molecular flexibility index (Phi) is 5.30. The van der Waals surface area contributed by atoms with E-state index in [-0.39, 0.29) is 0 Å². The maximum atomic E-state index is 6.29. The van der Waals surface area contributed by atoms with Crippen molar-refractivity contribution in [2.45, 2.75) is 39.0 Å². The lowest BCUT2D eigenvalue weighted by Crippen LogP contribution is -2.01. The highest BCUT2D eigenvalue weighted by molar-refractivity contribution is 6.31. The van der Waals surface area contributed by atoms with Gasteiger partial charge in [-0.15, -0.1) is 0 Å². The van der Waals surface area contributed by atoms with Crippen LogP contribution in [0.4, 0.5) is 0 Å². The molecule has 0 saturated carbocycles. The summed E-state index contributed by atoms with van der Waals surface area (Å²) < 4.78 is 5.45. The molecule has 0 N–H and O–H groups in total. The lowest BCUT2D eigenvalue weighted by atomic mass is 9.91. The first-order valence-electron chi connectivity index (χ1n) is 7.44. The lowest BCUT2D eigenvalue weighted by molar-refractivity contribution is 0.407. The Bertz CT molecular complexity index is 604. The number of hydrogen-bond acceptors (Lipinski definition) is 1. The van der Waals surface area contributed by atoms with Crippen LogP contribution in [0.5, 0.6) is 5.75 Å². The highest BCUT2D eigenvalue weighted by atomic mass is 35.5. The fraction of sp³-hybridized carbons (Fsp3) is 0.368. The van der Waals surface area contributed by atoms with Crippen LogP contribution >= 0.6 is 11.6 Å². The molecule has 2 heteroatoms. The second-order valence-electron chi connectivity index (χ2n) is 5.86. The SMILES string of the molecule is COc1ccc(CC(C)c2ccccc2Cl)cc1C(C)C. The molecule has 0 aliphatic carbocycles. The Labute approximate surface area is 132 Å². The van der Waals surface area contributed by atoms with Gasteiger partial charge in [-0.05, 0) is 47.1 Å². The highest BCUT2D eigenvalue weighted by Crippen LogP contribution is 2.31. The molecular formula is C19H23ClO. The summed E-state index contributed by atoms with van der Waals surface area (Å²) in [5.41, 5.74) is 3.80. The molecule has 0 heterocycles. The van der Waals surface area contributed by atoms with Crippen molar-refractivity contribution in [1.82, 2.24) is 0 Å². The third-order valence-electron chi connectivity index (χ3n) is 3.89. The maximum absolute atomic E-state index is 6.29. The average molecular weight is 303 g/mol. The molecule has 0 aliphatic heterocycles. The van der Waals surface area contributed by atoms with Gasteiger partial charge in [0.2, 0.25) is 0 Å². The molecule has 0 fully saturated rings. The molecule has 112 valence electrons. The van der Waals surface area contributed by atoms with E-state index < -0.39 is 0 Å². The average Bonchev–Trinajstić information content (AvgIpc) is 2.47. The standard InChI is InChI=1S/C19H23ClO/c1-13(2)17-12-15(9-10-19(17)21-4)11-14(3)16-7-5-6-8-18(16)20/h5-10,12-14H,11H2,1-4H3. The largest absolute Gasteiger partial charge is 0.496 e. The highest BCUT2D eigenvalue weighted by Gasteiger charge is 2.13. The van der Waals surface area contributed by atoms with Gasteiger partial charge >= 0.3 is 0 Å². The van der Waals surface area contributed by atoms with Gasteiger partial charge in [0.1, 0.15) is 5.75 Å². The van der Waals surface area contributed by atoms with Crippen molar-refractivity contribution in [3.05, 3.63) is 64.2 Å². The molecule has 1 atom stereocenters. The van der Waals surface area contributed by atoms with Crippen molar-refractivity contribution in [2.24, 2.45) is 0 Å². The summed E-state index contributed by atoms with van der Waals surface area (Å²) >= 11 is 6.29. The molecule has 0 aliphatic rings. The van der Waals surface area contributed by atoms with Gasteiger partial charge < -0.3 is 4.74 Å². The molecule has 0 aromatic heterocycles. The van der Waals surface area contributed by atoms with Crippen LogP contribution in [0.25, 0.3) is 0 Å². The van der Waals surface area contributed by atoms with E-state index >= 15 is 0 Å². The number of methoxy groups -OCH3 is 1. The van der Waals surface area contributed by atoms with E-state index in [4.69, 9.17) is 16.3 Å². The molecule has 0 saturated heterocycles. The Hall–Kier alpha value is -1.47. The number of halogens is 1. The van der Waals surface area contributed by atoms with E-state index in [1.54, 1.807) is 7.11 Å². The summed E-state index contributed by atoms with van der Waals surface area (Å²) in [6, 6.07) is 14.6. The number of hydrogen-bond donors (Lipinski definition) is 0. The first-order chi connectivity index (χ1) is 10.0. The molecule has 0 bridgehead atoms. The van der Waals surface area contributed by atoms with Crippen LogP contribution in [0.1, 0.15) is 49.3 Å². The molecule has 2 aromatic carbocycles. The third-order valence-corrected chi connectivity index (χ3v) is 4.24. The van der Waals surface area contributed by atoms with Crippen molar-refractivity contribution >= 4 is 11.6 Å². The fourth-order valence-electron chi connectivity index (χ4n) is 2.70. The van der Waals surface area contributed by atoms with E-state index in [0.29, 0.717) is 11.8 Å². The molecular weight excluding hydrogens is 280 g/mol. The van der Waals surface area contributed by atoms with E-state index in [2.05, 4.69) is 45.0 Å². The Morgan fingerprint density at radius 2 is 1.71 bits per heavy atom. The van der Waals surface area contributed by atoms with Crippen LogP contribution in [0.3, 0.4) is 0 Å². The van der Waals surface area contributed by atoms with Crippen molar-refractivity contribution in [2.75, 3.05) is 7.11 Å². The molecule has 2 rings (SSSR count). The Morgan fingerprint density at radius 3 is 2.33 bits per heavy atom. The van der Waals surface area contributed by atoms with Crippen molar-refractivity contribution in [3.8, 4) is 5.75 Å². The molecule has 1 nitrogen and oxygen atoms in total. The Morgan fingerprint density at radius 1 is 1.00 bits per heavy atom. The first-order valence-corrected chi connectivity index (χ1v) is 7.82. The molecule has 2 aromatic rings. The third kappa shape index (κ3) is 3.79. The van der Waals surface area contributed by atoms with Crippen molar-refractivity contribution in [1.29, 1.82) is 0 Å². The zero-order valence-electron chi connectivity index (χ0n) is 13.2. The van der Waals surface area contributed by atoms with Crippen LogP contribution < -0.4 is 4.74 Å². The van der Waals surface area contributed by atoms with Crippen LogP contribution in [0, 0.1) is 0 Å². The van der Waals surface area contributed by atoms with Crippen LogP contribution in [0.2, 0.25) is 5.02 Å². The Balaban J connectivity index is 2.24. The minimum absolute atomic E-state index is 0.395. The zero-order valence-corrected chi connectivity index (χ0v) is 13.9. The number of ether oxygens (including phenoxy) is 1. The van der Waals surface area contributed by atoms with Gasteiger partial charge in [-0.3, -0.25) is 0 Å². The normalized spacial score (nSPS) is 12.5. The van der Waals surface area contributed by atoms with Gasteiger partial charge in [0.05, 0.1) is 7.11 Å². The summed E-state index contributed by atoms with van der Waals surface area (Å²) in [5.74, 6) is 1.82.